The Bertz CT molecular complexity index is 885. The van der Waals surface area contributed by atoms with Gasteiger partial charge < -0.3 is 19.9 Å². The maximum atomic E-state index is 5.76. The zero-order chi connectivity index (χ0) is 21.1. The molecule has 4 heterocycles. The molecule has 2 N–H and O–H groups in total. The first kappa shape index (κ1) is 23.9. The molecule has 2 unspecified atom stereocenters. The lowest BCUT2D eigenvalue weighted by molar-refractivity contribution is 0.113. The Labute approximate surface area is 200 Å². The van der Waals surface area contributed by atoms with Gasteiger partial charge in [0.05, 0.1) is 12.6 Å². The fourth-order valence-corrected chi connectivity index (χ4v) is 3.79. The number of nitrogens with zero attached hydrogens (tertiary/aromatic N) is 7. The average molecular weight is 543 g/mol. The second-order valence-corrected chi connectivity index (χ2v) is 8.51. The van der Waals surface area contributed by atoms with Crippen molar-refractivity contribution in [1.29, 1.82) is 0 Å². The first-order valence-electron chi connectivity index (χ1n) is 10.9. The Morgan fingerprint density at radius 2 is 2.13 bits per heavy atom. The molecule has 1 saturated heterocycles. The predicted molar refractivity (Wildman–Crippen MR) is 129 cm³/mol. The topological polar surface area (TPSA) is 107 Å². The largest absolute Gasteiger partial charge is 0.376 e. The Morgan fingerprint density at radius 1 is 1.29 bits per heavy atom. The van der Waals surface area contributed by atoms with Gasteiger partial charge in [0.2, 0.25) is 0 Å². The van der Waals surface area contributed by atoms with Crippen LogP contribution in [-0.2, 0) is 31.3 Å². The number of aromatic nitrogens is 6. The first-order valence-corrected chi connectivity index (χ1v) is 10.9. The average Bonchev–Trinajstić information content (AvgIpc) is 3.46. The first-order chi connectivity index (χ1) is 14.5. The maximum Gasteiger partial charge on any atom is 0.192 e. The summed E-state index contributed by atoms with van der Waals surface area (Å²) in [5, 5.41) is 20.1. The van der Waals surface area contributed by atoms with E-state index in [4.69, 9.17) is 9.73 Å². The number of hydrogen-bond acceptors (Lipinski definition) is 6. The fourth-order valence-electron chi connectivity index (χ4n) is 3.79. The van der Waals surface area contributed by atoms with E-state index < -0.39 is 0 Å². The summed E-state index contributed by atoms with van der Waals surface area (Å²) in [6.07, 6.45) is 4.38. The normalized spacial score (nSPS) is 21.1. The standard InChI is InChI=1S/C20H33N9O.HI/c1-13(2)19-24-17-8-7-15(12-29(17)27-19)23-20(21-10-16-6-5-9-30-16)22-11-18-26-25-14(3)28(18)4;/h13,15-16H,5-12H2,1-4H3,(H2,21,22,23);1H. The highest BCUT2D eigenvalue weighted by atomic mass is 127. The zero-order valence-corrected chi connectivity index (χ0v) is 21.2. The Balaban J connectivity index is 0.00000272. The molecule has 2 aliphatic heterocycles. The van der Waals surface area contributed by atoms with Crippen LogP contribution in [0.3, 0.4) is 0 Å². The molecule has 2 aliphatic rings. The van der Waals surface area contributed by atoms with Gasteiger partial charge in [-0.25, -0.2) is 14.7 Å². The van der Waals surface area contributed by atoms with Crippen molar-refractivity contribution < 1.29 is 4.74 Å². The highest BCUT2D eigenvalue weighted by Crippen LogP contribution is 2.17. The van der Waals surface area contributed by atoms with E-state index in [0.29, 0.717) is 12.5 Å². The molecule has 2 atom stereocenters. The van der Waals surface area contributed by atoms with Gasteiger partial charge >= 0.3 is 0 Å². The molecule has 2 aromatic rings. The number of halogens is 1. The van der Waals surface area contributed by atoms with Crippen molar-refractivity contribution in [2.75, 3.05) is 13.2 Å². The number of rotatable bonds is 6. The summed E-state index contributed by atoms with van der Waals surface area (Å²) < 4.78 is 9.77. The third kappa shape index (κ3) is 5.93. The van der Waals surface area contributed by atoms with E-state index in [2.05, 4.69) is 44.8 Å². The monoisotopic (exact) mass is 543 g/mol. The molecule has 2 aromatic heterocycles. The molecule has 172 valence electrons. The van der Waals surface area contributed by atoms with E-state index in [1.165, 1.54) is 0 Å². The minimum atomic E-state index is 0. The molecular formula is C20H34IN9O. The molecule has 0 bridgehead atoms. The molecule has 31 heavy (non-hydrogen) atoms. The zero-order valence-electron chi connectivity index (χ0n) is 18.8. The van der Waals surface area contributed by atoms with E-state index in [1.54, 1.807) is 0 Å². The van der Waals surface area contributed by atoms with Crippen LogP contribution in [0, 0.1) is 6.92 Å². The van der Waals surface area contributed by atoms with Crippen molar-refractivity contribution >= 4 is 29.9 Å². The van der Waals surface area contributed by atoms with Gasteiger partial charge in [-0.1, -0.05) is 13.8 Å². The van der Waals surface area contributed by atoms with Crippen LogP contribution in [-0.4, -0.2) is 60.8 Å². The van der Waals surface area contributed by atoms with E-state index in [1.807, 2.05) is 23.2 Å². The van der Waals surface area contributed by atoms with Crippen LogP contribution in [0.2, 0.25) is 0 Å². The predicted octanol–water partition coefficient (Wildman–Crippen LogP) is 1.69. The molecule has 0 amide bonds. The fraction of sp³-hybridized carbons (Fsp3) is 0.750. The van der Waals surface area contributed by atoms with Gasteiger partial charge in [-0.05, 0) is 26.2 Å². The third-order valence-corrected chi connectivity index (χ3v) is 5.81. The van der Waals surface area contributed by atoms with Crippen LogP contribution >= 0.6 is 24.0 Å². The van der Waals surface area contributed by atoms with E-state index in [-0.39, 0.29) is 36.1 Å². The number of nitrogens with one attached hydrogen (secondary N) is 2. The number of aliphatic imine (C=N–C) groups is 1. The highest BCUT2D eigenvalue weighted by molar-refractivity contribution is 14.0. The smallest absolute Gasteiger partial charge is 0.192 e. The van der Waals surface area contributed by atoms with Gasteiger partial charge in [0, 0.05) is 38.6 Å². The van der Waals surface area contributed by atoms with Crippen LogP contribution in [0.15, 0.2) is 4.99 Å². The molecule has 10 nitrogen and oxygen atoms in total. The van der Waals surface area contributed by atoms with Crippen molar-refractivity contribution in [2.45, 2.75) is 77.6 Å². The molecular weight excluding hydrogens is 509 g/mol. The summed E-state index contributed by atoms with van der Waals surface area (Å²) in [6.45, 7) is 9.06. The van der Waals surface area contributed by atoms with E-state index >= 15 is 0 Å². The van der Waals surface area contributed by atoms with Crippen molar-refractivity contribution in [2.24, 2.45) is 12.0 Å². The van der Waals surface area contributed by atoms with E-state index in [9.17, 15) is 0 Å². The van der Waals surface area contributed by atoms with Crippen molar-refractivity contribution in [1.82, 2.24) is 40.2 Å². The molecule has 0 aliphatic carbocycles. The molecule has 0 radical (unpaired) electrons. The van der Waals surface area contributed by atoms with Crippen LogP contribution < -0.4 is 10.6 Å². The summed E-state index contributed by atoms with van der Waals surface area (Å²) >= 11 is 0. The Hall–Kier alpha value is -1.76. The highest BCUT2D eigenvalue weighted by Gasteiger charge is 2.24. The molecule has 0 spiro atoms. The third-order valence-electron chi connectivity index (χ3n) is 5.81. The van der Waals surface area contributed by atoms with Crippen LogP contribution in [0.5, 0.6) is 0 Å². The van der Waals surface area contributed by atoms with E-state index in [0.717, 1.165) is 74.6 Å². The minimum absolute atomic E-state index is 0. The van der Waals surface area contributed by atoms with Gasteiger partial charge in [-0.3, -0.25) is 0 Å². The van der Waals surface area contributed by atoms with Gasteiger partial charge in [-0.15, -0.1) is 34.2 Å². The summed E-state index contributed by atoms with van der Waals surface area (Å²) in [7, 11) is 1.97. The number of ether oxygens (including phenoxy) is 1. The van der Waals surface area contributed by atoms with Crippen LogP contribution in [0.1, 0.15) is 62.3 Å². The molecule has 1 fully saturated rings. The van der Waals surface area contributed by atoms with Gasteiger partial charge in [0.1, 0.15) is 18.2 Å². The molecule has 0 saturated carbocycles. The van der Waals surface area contributed by atoms with Gasteiger partial charge in [0.15, 0.2) is 17.6 Å². The number of guanidine groups is 1. The summed E-state index contributed by atoms with van der Waals surface area (Å²) in [5.41, 5.74) is 0. The van der Waals surface area contributed by atoms with Crippen LogP contribution in [0.25, 0.3) is 0 Å². The lowest BCUT2D eigenvalue weighted by atomic mass is 10.1. The minimum Gasteiger partial charge on any atom is -0.376 e. The second kappa shape index (κ2) is 10.7. The number of aryl methyl sites for hydroxylation is 2. The van der Waals surface area contributed by atoms with Crippen molar-refractivity contribution in [3.05, 3.63) is 23.3 Å². The van der Waals surface area contributed by atoms with Crippen molar-refractivity contribution in [3.63, 3.8) is 0 Å². The van der Waals surface area contributed by atoms with Crippen LogP contribution in [0.4, 0.5) is 0 Å². The van der Waals surface area contributed by atoms with Gasteiger partial charge in [0.25, 0.3) is 0 Å². The quantitative estimate of drug-likeness (QED) is 0.325. The molecule has 0 aromatic carbocycles. The summed E-state index contributed by atoms with van der Waals surface area (Å²) in [5.74, 6) is 4.85. The maximum absolute atomic E-state index is 5.76. The summed E-state index contributed by atoms with van der Waals surface area (Å²) in [4.78, 5) is 9.47. The van der Waals surface area contributed by atoms with Gasteiger partial charge in [-0.2, -0.15) is 5.10 Å². The molecule has 11 heteroatoms. The molecule has 4 rings (SSSR count). The number of hydrogen-bond donors (Lipinski definition) is 2. The lowest BCUT2D eigenvalue weighted by Crippen LogP contribution is -2.48. The summed E-state index contributed by atoms with van der Waals surface area (Å²) in [6, 6.07) is 0.246. The number of fused-ring (bicyclic) bond motifs is 1. The lowest BCUT2D eigenvalue weighted by Gasteiger charge is -2.26. The van der Waals surface area contributed by atoms with Crippen molar-refractivity contribution in [3.8, 4) is 0 Å². The second-order valence-electron chi connectivity index (χ2n) is 8.51. The Morgan fingerprint density at radius 3 is 2.81 bits per heavy atom. The Kier molecular flexibility index (Phi) is 8.25. The SMILES string of the molecule is Cc1nnc(CN=C(NCC2CCCO2)NC2CCc3nc(C(C)C)nn3C2)n1C.I.